The summed E-state index contributed by atoms with van der Waals surface area (Å²) in [5.41, 5.74) is 1.88. The lowest BCUT2D eigenvalue weighted by Crippen LogP contribution is -2.09. The predicted molar refractivity (Wildman–Crippen MR) is 82.0 cm³/mol. The van der Waals surface area contributed by atoms with Crippen molar-refractivity contribution >= 4 is 29.2 Å². The Bertz CT molecular complexity index is 605. The number of hydrogen-bond donors (Lipinski definition) is 1. The lowest BCUT2D eigenvalue weighted by atomic mass is 10.1. The maximum absolute atomic E-state index is 6.12. The molecule has 0 radical (unpaired) electrons. The molecule has 0 amide bonds. The molecule has 2 rings (SSSR count). The van der Waals surface area contributed by atoms with Gasteiger partial charge in [-0.1, -0.05) is 29.3 Å². The summed E-state index contributed by atoms with van der Waals surface area (Å²) in [4.78, 5) is 8.51. The standard InChI is InChI=1S/C14H15Cl2N3O/c1-9-7-13(20-2)19-14(18-9)17-6-5-10-3-4-11(15)8-12(10)16/h3-4,7-8H,5-6H2,1-2H3,(H,17,18,19). The van der Waals surface area contributed by atoms with Gasteiger partial charge in [0.15, 0.2) is 0 Å². The molecule has 0 saturated heterocycles. The Hall–Kier alpha value is -1.52. The number of nitrogens with zero attached hydrogens (tertiary/aromatic N) is 2. The van der Waals surface area contributed by atoms with E-state index in [4.69, 9.17) is 27.9 Å². The van der Waals surface area contributed by atoms with E-state index in [2.05, 4.69) is 15.3 Å². The molecule has 1 aromatic carbocycles. The van der Waals surface area contributed by atoms with E-state index in [1.165, 1.54) is 0 Å². The molecule has 1 N–H and O–H groups in total. The van der Waals surface area contributed by atoms with Crippen LogP contribution in [0.25, 0.3) is 0 Å². The van der Waals surface area contributed by atoms with E-state index in [-0.39, 0.29) is 0 Å². The normalized spacial score (nSPS) is 10.4. The van der Waals surface area contributed by atoms with Gasteiger partial charge in [0.2, 0.25) is 11.8 Å². The summed E-state index contributed by atoms with van der Waals surface area (Å²) in [7, 11) is 1.58. The molecule has 1 aromatic heterocycles. The topological polar surface area (TPSA) is 47.0 Å². The van der Waals surface area contributed by atoms with Crippen LogP contribution in [-0.4, -0.2) is 23.6 Å². The molecule has 4 nitrogen and oxygen atoms in total. The molecule has 0 spiro atoms. The first-order valence-corrected chi connectivity index (χ1v) is 6.91. The molecule has 0 saturated carbocycles. The predicted octanol–water partition coefficient (Wildman–Crippen LogP) is 3.76. The van der Waals surface area contributed by atoms with Crippen LogP contribution in [0.5, 0.6) is 5.88 Å². The molecule has 6 heteroatoms. The van der Waals surface area contributed by atoms with Crippen molar-refractivity contribution < 1.29 is 4.74 Å². The highest BCUT2D eigenvalue weighted by Gasteiger charge is 2.04. The van der Waals surface area contributed by atoms with Gasteiger partial charge in [0, 0.05) is 28.4 Å². The molecule has 0 aliphatic rings. The van der Waals surface area contributed by atoms with Gasteiger partial charge in [0.1, 0.15) is 0 Å². The first-order chi connectivity index (χ1) is 9.58. The van der Waals surface area contributed by atoms with E-state index in [1.807, 2.05) is 19.1 Å². The van der Waals surface area contributed by atoms with Crippen LogP contribution >= 0.6 is 23.2 Å². The van der Waals surface area contributed by atoms with Gasteiger partial charge in [0.05, 0.1) is 7.11 Å². The minimum Gasteiger partial charge on any atom is -0.481 e. The summed E-state index contributed by atoms with van der Waals surface area (Å²) in [6.07, 6.45) is 0.760. The summed E-state index contributed by atoms with van der Waals surface area (Å²) in [6.45, 7) is 2.57. The SMILES string of the molecule is COc1cc(C)nc(NCCc2ccc(Cl)cc2Cl)n1. The largest absolute Gasteiger partial charge is 0.481 e. The summed E-state index contributed by atoms with van der Waals surface area (Å²) in [5.74, 6) is 1.09. The Balaban J connectivity index is 1.97. The molecule has 0 unspecified atom stereocenters. The van der Waals surface area contributed by atoms with Crippen LogP contribution in [0.2, 0.25) is 10.0 Å². The molecular formula is C14H15Cl2N3O. The number of hydrogen-bond acceptors (Lipinski definition) is 4. The maximum Gasteiger partial charge on any atom is 0.226 e. The second-order valence-corrected chi connectivity index (χ2v) is 5.13. The van der Waals surface area contributed by atoms with Crippen molar-refractivity contribution in [3.05, 3.63) is 45.6 Å². The second-order valence-electron chi connectivity index (χ2n) is 4.29. The van der Waals surface area contributed by atoms with Gasteiger partial charge in [0.25, 0.3) is 0 Å². The van der Waals surface area contributed by atoms with Crippen molar-refractivity contribution in [2.24, 2.45) is 0 Å². The molecule has 1 heterocycles. The molecule has 0 bridgehead atoms. The highest BCUT2D eigenvalue weighted by molar-refractivity contribution is 6.35. The lowest BCUT2D eigenvalue weighted by molar-refractivity contribution is 0.397. The molecule has 2 aromatic rings. The molecule has 0 aliphatic carbocycles. The number of rotatable bonds is 5. The Morgan fingerprint density at radius 1 is 1.20 bits per heavy atom. The third-order valence-corrected chi connectivity index (χ3v) is 3.32. The van der Waals surface area contributed by atoms with Crippen LogP contribution in [0.3, 0.4) is 0 Å². The number of methoxy groups -OCH3 is 1. The van der Waals surface area contributed by atoms with Crippen molar-refractivity contribution in [3.8, 4) is 5.88 Å². The number of ether oxygens (including phenoxy) is 1. The fourth-order valence-electron chi connectivity index (χ4n) is 1.76. The third-order valence-electron chi connectivity index (χ3n) is 2.73. The van der Waals surface area contributed by atoms with Crippen LogP contribution in [-0.2, 0) is 6.42 Å². The van der Waals surface area contributed by atoms with Crippen LogP contribution < -0.4 is 10.1 Å². The highest BCUT2D eigenvalue weighted by atomic mass is 35.5. The Labute approximate surface area is 128 Å². The van der Waals surface area contributed by atoms with Gasteiger partial charge < -0.3 is 10.1 Å². The Morgan fingerprint density at radius 3 is 2.70 bits per heavy atom. The zero-order valence-electron chi connectivity index (χ0n) is 11.3. The van der Waals surface area contributed by atoms with E-state index in [9.17, 15) is 0 Å². The number of anilines is 1. The van der Waals surface area contributed by atoms with Gasteiger partial charge in [-0.15, -0.1) is 0 Å². The average Bonchev–Trinajstić information content (AvgIpc) is 2.40. The first kappa shape index (κ1) is 14.9. The fourth-order valence-corrected chi connectivity index (χ4v) is 2.26. The van der Waals surface area contributed by atoms with Crippen LogP contribution in [0.4, 0.5) is 5.95 Å². The first-order valence-electron chi connectivity index (χ1n) is 6.16. The van der Waals surface area contributed by atoms with Gasteiger partial charge >= 0.3 is 0 Å². The summed E-state index contributed by atoms with van der Waals surface area (Å²) in [5, 5.41) is 4.46. The smallest absolute Gasteiger partial charge is 0.226 e. The number of aryl methyl sites for hydroxylation is 1. The maximum atomic E-state index is 6.12. The fraction of sp³-hybridized carbons (Fsp3) is 0.286. The number of benzene rings is 1. The number of nitrogens with one attached hydrogen (secondary N) is 1. The number of aromatic nitrogens is 2. The van der Waals surface area contributed by atoms with Crippen LogP contribution in [0.15, 0.2) is 24.3 Å². The highest BCUT2D eigenvalue weighted by Crippen LogP contribution is 2.21. The summed E-state index contributed by atoms with van der Waals surface area (Å²) < 4.78 is 5.11. The Morgan fingerprint density at radius 2 is 2.00 bits per heavy atom. The molecule has 106 valence electrons. The third kappa shape index (κ3) is 3.99. The van der Waals surface area contributed by atoms with E-state index in [1.54, 1.807) is 19.2 Å². The van der Waals surface area contributed by atoms with Crippen molar-refractivity contribution in [1.82, 2.24) is 9.97 Å². The Kier molecular flexibility index (Phi) is 5.04. The summed E-state index contributed by atoms with van der Waals surface area (Å²) in [6, 6.07) is 7.27. The minimum absolute atomic E-state index is 0.546. The van der Waals surface area contributed by atoms with Gasteiger partial charge in [-0.3, -0.25) is 0 Å². The van der Waals surface area contributed by atoms with E-state index in [0.29, 0.717) is 28.4 Å². The van der Waals surface area contributed by atoms with Gasteiger partial charge in [-0.05, 0) is 31.0 Å². The van der Waals surface area contributed by atoms with Crippen molar-refractivity contribution in [1.29, 1.82) is 0 Å². The zero-order chi connectivity index (χ0) is 14.5. The van der Waals surface area contributed by atoms with Crippen LogP contribution in [0.1, 0.15) is 11.3 Å². The molecule has 0 fully saturated rings. The molecular weight excluding hydrogens is 297 g/mol. The minimum atomic E-state index is 0.546. The van der Waals surface area contributed by atoms with E-state index >= 15 is 0 Å². The summed E-state index contributed by atoms with van der Waals surface area (Å²) >= 11 is 12.0. The quantitative estimate of drug-likeness (QED) is 0.913. The lowest BCUT2D eigenvalue weighted by Gasteiger charge is -2.08. The average molecular weight is 312 g/mol. The van der Waals surface area contributed by atoms with Gasteiger partial charge in [-0.25, -0.2) is 4.98 Å². The molecule has 0 aliphatic heterocycles. The van der Waals surface area contributed by atoms with E-state index < -0.39 is 0 Å². The monoisotopic (exact) mass is 311 g/mol. The van der Waals surface area contributed by atoms with E-state index in [0.717, 1.165) is 17.7 Å². The number of halogens is 2. The molecule has 0 atom stereocenters. The zero-order valence-corrected chi connectivity index (χ0v) is 12.8. The van der Waals surface area contributed by atoms with Crippen molar-refractivity contribution in [3.63, 3.8) is 0 Å². The second kappa shape index (κ2) is 6.77. The van der Waals surface area contributed by atoms with Crippen LogP contribution in [0, 0.1) is 6.92 Å². The van der Waals surface area contributed by atoms with Crippen molar-refractivity contribution in [2.75, 3.05) is 19.0 Å². The molecule has 20 heavy (non-hydrogen) atoms. The van der Waals surface area contributed by atoms with Crippen molar-refractivity contribution in [2.45, 2.75) is 13.3 Å². The van der Waals surface area contributed by atoms with Gasteiger partial charge in [-0.2, -0.15) is 4.98 Å².